The molecule has 0 fully saturated rings. The van der Waals surface area contributed by atoms with Gasteiger partial charge in [0.15, 0.2) is 0 Å². The highest BCUT2D eigenvalue weighted by Crippen LogP contribution is 2.15. The van der Waals surface area contributed by atoms with Crippen molar-refractivity contribution in [3.05, 3.63) is 109 Å². The van der Waals surface area contributed by atoms with Crippen molar-refractivity contribution in [2.45, 2.75) is 238 Å². The Morgan fingerprint density at radius 2 is 0.738 bits per heavy atom. The summed E-state index contributed by atoms with van der Waals surface area (Å²) in [6.45, 7) is 4.12. The number of carbonyl (C=O) groups excluding carboxylic acids is 1. The van der Waals surface area contributed by atoms with E-state index in [9.17, 15) is 15.0 Å². The molecule has 61 heavy (non-hydrogen) atoms. The molecule has 1 amide bonds. The molecular formula is C57H97NO3. The summed E-state index contributed by atoms with van der Waals surface area (Å²) in [5, 5.41) is 23.0. The van der Waals surface area contributed by atoms with Crippen molar-refractivity contribution in [3.63, 3.8) is 0 Å². The molecule has 0 spiro atoms. The zero-order valence-electron chi connectivity index (χ0n) is 39.9. The van der Waals surface area contributed by atoms with Gasteiger partial charge in [-0.15, -0.1) is 0 Å². The summed E-state index contributed by atoms with van der Waals surface area (Å²) in [7, 11) is 0. The first-order valence-electron chi connectivity index (χ1n) is 25.6. The Morgan fingerprint density at radius 1 is 0.410 bits per heavy atom. The maximum atomic E-state index is 12.4. The van der Waals surface area contributed by atoms with Crippen LogP contribution in [0.25, 0.3) is 0 Å². The molecule has 0 bridgehead atoms. The lowest BCUT2D eigenvalue weighted by molar-refractivity contribution is -0.123. The minimum atomic E-state index is -0.873. The van der Waals surface area contributed by atoms with Gasteiger partial charge in [0.1, 0.15) is 0 Å². The third kappa shape index (κ3) is 47.9. The van der Waals surface area contributed by atoms with E-state index < -0.39 is 12.1 Å². The molecule has 0 saturated heterocycles. The van der Waals surface area contributed by atoms with Crippen molar-refractivity contribution >= 4 is 5.91 Å². The predicted octanol–water partition coefficient (Wildman–Crippen LogP) is 16.7. The van der Waals surface area contributed by atoms with Crippen LogP contribution < -0.4 is 5.32 Å². The highest BCUT2D eigenvalue weighted by Gasteiger charge is 2.17. The third-order valence-corrected chi connectivity index (χ3v) is 11.0. The first-order valence-corrected chi connectivity index (χ1v) is 25.6. The average molecular weight is 844 g/mol. The fourth-order valence-corrected chi connectivity index (χ4v) is 7.08. The van der Waals surface area contributed by atoms with Crippen molar-refractivity contribution in [1.82, 2.24) is 5.32 Å². The molecule has 0 radical (unpaired) electrons. The van der Waals surface area contributed by atoms with Crippen molar-refractivity contribution in [2.24, 2.45) is 0 Å². The van der Waals surface area contributed by atoms with Gasteiger partial charge >= 0.3 is 0 Å². The lowest BCUT2D eigenvalue weighted by Gasteiger charge is -2.19. The second kappa shape index (κ2) is 51.4. The largest absolute Gasteiger partial charge is 0.394 e. The van der Waals surface area contributed by atoms with Gasteiger partial charge in [0, 0.05) is 6.42 Å². The number of hydrogen-bond donors (Lipinski definition) is 3. The van der Waals surface area contributed by atoms with E-state index in [0.717, 1.165) is 77.0 Å². The van der Waals surface area contributed by atoms with E-state index in [1.165, 1.54) is 128 Å². The summed E-state index contributed by atoms with van der Waals surface area (Å²) < 4.78 is 0. The number of rotatable bonds is 45. The Labute approximate surface area is 378 Å². The Kier molecular flexibility index (Phi) is 48.9. The molecule has 0 aromatic heterocycles. The molecule has 0 heterocycles. The fourth-order valence-electron chi connectivity index (χ4n) is 7.08. The summed E-state index contributed by atoms with van der Waals surface area (Å²) in [5.41, 5.74) is 0. The zero-order valence-corrected chi connectivity index (χ0v) is 39.9. The summed E-state index contributed by atoms with van der Waals surface area (Å²) in [5.74, 6) is -0.0819. The molecule has 0 rings (SSSR count). The van der Waals surface area contributed by atoms with Crippen LogP contribution in [-0.4, -0.2) is 34.9 Å². The van der Waals surface area contributed by atoms with Crippen molar-refractivity contribution in [3.8, 4) is 0 Å². The van der Waals surface area contributed by atoms with E-state index in [2.05, 4.69) is 116 Å². The van der Waals surface area contributed by atoms with Crippen LogP contribution in [0.15, 0.2) is 109 Å². The van der Waals surface area contributed by atoms with Crippen molar-refractivity contribution in [1.29, 1.82) is 0 Å². The molecule has 0 aliphatic rings. The van der Waals surface area contributed by atoms with Gasteiger partial charge in [-0.05, 0) is 89.9 Å². The zero-order chi connectivity index (χ0) is 44.2. The maximum absolute atomic E-state index is 12.4. The molecular weight excluding hydrogens is 747 g/mol. The standard InChI is InChI=1S/C57H97NO3/c1-3-5-7-9-11-13-15-17-18-19-20-21-22-23-24-25-26-27-28-29-30-31-32-33-34-35-36-37-38-39-40-41-43-45-47-49-51-53-57(61)58-55(54-59)56(60)52-50-48-46-44-42-16-14-12-10-8-6-4-2/h5,7,10-13,17-18,20-21,23-24,26-27,42,44,50,52,55-56,59-60H,3-4,6,8-9,14-16,19,22,25,28-41,43,45-49,51,53-54H2,1-2H3,(H,58,61)/b7-5-,12-10+,13-11-,18-17-,21-20-,24-23-,27-26-,44-42+,52-50+. The van der Waals surface area contributed by atoms with Crippen molar-refractivity contribution < 1.29 is 15.0 Å². The molecule has 0 aliphatic heterocycles. The summed E-state index contributed by atoms with van der Waals surface area (Å²) in [6.07, 6.45) is 78.1. The molecule has 0 saturated carbocycles. The second-order valence-electron chi connectivity index (χ2n) is 16.8. The lowest BCUT2D eigenvalue weighted by Crippen LogP contribution is -2.45. The van der Waals surface area contributed by atoms with Gasteiger partial charge in [-0.3, -0.25) is 4.79 Å². The number of unbranched alkanes of at least 4 members (excludes halogenated alkanes) is 22. The van der Waals surface area contributed by atoms with Gasteiger partial charge in [0.2, 0.25) is 5.91 Å². The number of amides is 1. The van der Waals surface area contributed by atoms with E-state index in [-0.39, 0.29) is 12.5 Å². The van der Waals surface area contributed by atoms with Gasteiger partial charge in [0.25, 0.3) is 0 Å². The van der Waals surface area contributed by atoms with E-state index in [4.69, 9.17) is 0 Å². The first-order chi connectivity index (χ1) is 30.2. The number of aliphatic hydroxyl groups excluding tert-OH is 2. The summed E-state index contributed by atoms with van der Waals surface area (Å²) >= 11 is 0. The van der Waals surface area contributed by atoms with E-state index >= 15 is 0 Å². The van der Waals surface area contributed by atoms with Gasteiger partial charge in [-0.1, -0.05) is 239 Å². The molecule has 0 aliphatic carbocycles. The number of nitrogens with one attached hydrogen (secondary N) is 1. The van der Waals surface area contributed by atoms with Crippen LogP contribution >= 0.6 is 0 Å². The van der Waals surface area contributed by atoms with E-state index in [1.807, 2.05) is 6.08 Å². The number of carbonyl (C=O) groups is 1. The average Bonchev–Trinajstić information content (AvgIpc) is 3.26. The molecule has 0 aromatic carbocycles. The summed E-state index contributed by atoms with van der Waals surface area (Å²) in [6, 6.07) is -0.648. The Balaban J connectivity index is 3.51. The molecule has 3 N–H and O–H groups in total. The quantitative estimate of drug-likeness (QED) is 0.0422. The molecule has 2 atom stereocenters. The molecule has 0 aromatic rings. The van der Waals surface area contributed by atoms with Crippen LogP contribution in [0.5, 0.6) is 0 Å². The van der Waals surface area contributed by atoms with Gasteiger partial charge in [-0.25, -0.2) is 0 Å². The van der Waals surface area contributed by atoms with Crippen LogP contribution in [0.3, 0.4) is 0 Å². The SMILES string of the molecule is CC/C=C\C/C=C\C/C=C\C/C=C\C/C=C\C/C=C\CCCCCCCCCCCCCCCCCCCCC(=O)NC(CO)C(O)/C=C/CC/C=C/CC/C=C/CCCC. The Bertz CT molecular complexity index is 1180. The monoisotopic (exact) mass is 844 g/mol. The fraction of sp³-hybridized carbons (Fsp3) is 0.667. The number of allylic oxidation sites excluding steroid dienone is 17. The Hall–Kier alpha value is -2.95. The minimum absolute atomic E-state index is 0.0819. The number of hydrogen-bond acceptors (Lipinski definition) is 3. The maximum Gasteiger partial charge on any atom is 0.220 e. The van der Waals surface area contributed by atoms with Crippen LogP contribution in [0, 0.1) is 0 Å². The lowest BCUT2D eigenvalue weighted by atomic mass is 10.0. The second-order valence-corrected chi connectivity index (χ2v) is 16.8. The highest BCUT2D eigenvalue weighted by molar-refractivity contribution is 5.76. The van der Waals surface area contributed by atoms with Gasteiger partial charge in [0.05, 0.1) is 18.8 Å². The first kappa shape index (κ1) is 58.1. The van der Waals surface area contributed by atoms with Crippen molar-refractivity contribution in [2.75, 3.05) is 6.61 Å². The minimum Gasteiger partial charge on any atom is -0.394 e. The summed E-state index contributed by atoms with van der Waals surface area (Å²) in [4.78, 5) is 12.4. The van der Waals surface area contributed by atoms with Gasteiger partial charge < -0.3 is 15.5 Å². The van der Waals surface area contributed by atoms with Crippen LogP contribution in [0.1, 0.15) is 226 Å². The molecule has 4 nitrogen and oxygen atoms in total. The predicted molar refractivity (Wildman–Crippen MR) is 271 cm³/mol. The van der Waals surface area contributed by atoms with Crippen LogP contribution in [0.2, 0.25) is 0 Å². The Morgan fingerprint density at radius 3 is 1.15 bits per heavy atom. The number of aliphatic hydroxyl groups is 2. The van der Waals surface area contributed by atoms with E-state index in [1.54, 1.807) is 6.08 Å². The molecule has 4 heteroatoms. The highest BCUT2D eigenvalue weighted by atomic mass is 16.3. The van der Waals surface area contributed by atoms with Crippen LogP contribution in [-0.2, 0) is 4.79 Å². The van der Waals surface area contributed by atoms with E-state index in [0.29, 0.717) is 6.42 Å². The topological polar surface area (TPSA) is 69.6 Å². The molecule has 348 valence electrons. The van der Waals surface area contributed by atoms with Gasteiger partial charge in [-0.2, -0.15) is 0 Å². The molecule has 2 unspecified atom stereocenters. The smallest absolute Gasteiger partial charge is 0.220 e. The third-order valence-electron chi connectivity index (χ3n) is 11.0. The van der Waals surface area contributed by atoms with Crippen LogP contribution in [0.4, 0.5) is 0 Å². The normalized spacial score (nSPS) is 13.8.